The number of allylic oxidation sites excluding steroid dienone is 4. The summed E-state index contributed by atoms with van der Waals surface area (Å²) < 4.78 is 0. The van der Waals surface area contributed by atoms with Gasteiger partial charge in [0.15, 0.2) is 0 Å². The molecule has 2 heteroatoms. The maximum absolute atomic E-state index is 2.64. The molecule has 92 heavy (non-hydrogen) atoms. The van der Waals surface area contributed by atoms with E-state index >= 15 is 0 Å². The lowest BCUT2D eigenvalue weighted by atomic mass is 9.80. The van der Waals surface area contributed by atoms with Crippen molar-refractivity contribution >= 4 is 78.8 Å². The topological polar surface area (TPSA) is 6.48 Å². The summed E-state index contributed by atoms with van der Waals surface area (Å²) >= 11 is 0. The van der Waals surface area contributed by atoms with Crippen molar-refractivity contribution in [2.75, 3.05) is 9.80 Å². The average molecular weight is 1180 g/mol. The van der Waals surface area contributed by atoms with Gasteiger partial charge in [-0.1, -0.05) is 286 Å². The number of fused-ring (bicyclic) bond motifs is 9. The van der Waals surface area contributed by atoms with Crippen molar-refractivity contribution in [2.24, 2.45) is 0 Å². The van der Waals surface area contributed by atoms with Crippen molar-refractivity contribution in [1.82, 2.24) is 0 Å². The van der Waals surface area contributed by atoms with E-state index in [0.29, 0.717) is 0 Å². The van der Waals surface area contributed by atoms with Crippen LogP contribution in [0.3, 0.4) is 0 Å². The van der Waals surface area contributed by atoms with Gasteiger partial charge in [-0.05, 0) is 193 Å². The molecule has 4 aliphatic carbocycles. The molecule has 0 unspecified atom stereocenters. The summed E-state index contributed by atoms with van der Waals surface area (Å²) in [4.78, 5) is 5.29. The van der Waals surface area contributed by atoms with E-state index in [9.17, 15) is 0 Å². The zero-order valence-electron chi connectivity index (χ0n) is 53.6. The normalized spacial score (nSPS) is 16.0. The Morgan fingerprint density at radius 1 is 0.217 bits per heavy atom. The van der Waals surface area contributed by atoms with Gasteiger partial charge >= 0.3 is 0 Å². The quantitative estimate of drug-likeness (QED) is 0.126. The van der Waals surface area contributed by atoms with Crippen LogP contribution >= 0.6 is 0 Å². The molecule has 0 aromatic heterocycles. The molecule has 17 rings (SSSR count). The highest BCUT2D eigenvalue weighted by Gasteiger charge is 2.46. The first-order valence-electron chi connectivity index (χ1n) is 32.7. The Kier molecular flexibility index (Phi) is 12.4. The minimum atomic E-state index is -0.313. The van der Waals surface area contributed by atoms with Crippen molar-refractivity contribution in [3.05, 3.63) is 334 Å². The van der Waals surface area contributed by atoms with Crippen LogP contribution in [0.5, 0.6) is 0 Å². The molecule has 13 aromatic rings. The molecule has 0 saturated carbocycles. The van der Waals surface area contributed by atoms with Crippen molar-refractivity contribution in [3.63, 3.8) is 0 Å². The van der Waals surface area contributed by atoms with Crippen molar-refractivity contribution in [1.29, 1.82) is 0 Å². The second-order valence-corrected chi connectivity index (χ2v) is 28.1. The standard InChI is InChI=1S/C90H72N2/c1-87(2)77-29-17-13-25-67(77)51-81(87)91(82-52-68-26-14-18-30-78(68)88(82,3)4)71-45-47-73-75(55-71)76-56-72(92(83-53-69-27-15-19-31-79(69)89(83,5)6)84-54-70-28-16-20-32-80(70)90(84,7)8)46-48-74(76)86(62-41-35-60(36-42-62)66-44-38-58-22-10-12-24-64(58)50-66)85(73)61-39-33-59(34-40-61)65-43-37-57-21-9-11-23-63(57)49-65/h9-56H,1-8H3. The number of hydrogen-bond donors (Lipinski definition) is 0. The molecule has 0 spiro atoms. The molecule has 0 saturated heterocycles. The van der Waals surface area contributed by atoms with E-state index in [-0.39, 0.29) is 21.7 Å². The Hall–Kier alpha value is -10.5. The summed E-state index contributed by atoms with van der Waals surface area (Å²) in [6.07, 6.45) is 9.85. The van der Waals surface area contributed by atoms with Gasteiger partial charge in [0, 0.05) is 55.8 Å². The van der Waals surface area contributed by atoms with Crippen LogP contribution in [0.4, 0.5) is 11.4 Å². The Bertz CT molecular complexity index is 4900. The van der Waals surface area contributed by atoms with Crippen LogP contribution < -0.4 is 9.80 Å². The molecule has 2 nitrogen and oxygen atoms in total. The van der Waals surface area contributed by atoms with Crippen LogP contribution in [0.1, 0.15) is 99.9 Å². The summed E-state index contributed by atoms with van der Waals surface area (Å²) in [6.45, 7) is 19.3. The first-order chi connectivity index (χ1) is 44.6. The zero-order valence-corrected chi connectivity index (χ0v) is 53.6. The summed E-state index contributed by atoms with van der Waals surface area (Å²) in [5, 5.41) is 9.75. The largest absolute Gasteiger partial charge is 0.316 e. The lowest BCUT2D eigenvalue weighted by Gasteiger charge is -2.41. The number of benzene rings is 13. The van der Waals surface area contributed by atoms with Crippen LogP contribution in [0.15, 0.2) is 290 Å². The predicted molar refractivity (Wildman–Crippen MR) is 393 cm³/mol. The average Bonchev–Trinajstić information content (AvgIpc) is 1.15. The Balaban J connectivity index is 0.953. The van der Waals surface area contributed by atoms with E-state index in [2.05, 4.69) is 356 Å². The lowest BCUT2D eigenvalue weighted by molar-refractivity contribution is 0.576. The third-order valence-electron chi connectivity index (χ3n) is 21.3. The highest BCUT2D eigenvalue weighted by molar-refractivity contribution is 6.23. The second kappa shape index (κ2) is 20.5. The van der Waals surface area contributed by atoms with Crippen molar-refractivity contribution < 1.29 is 0 Å². The van der Waals surface area contributed by atoms with Crippen LogP contribution in [-0.2, 0) is 21.7 Å². The molecular weight excluding hydrogens is 1110 g/mol. The Labute approximate surface area is 541 Å². The van der Waals surface area contributed by atoms with Crippen molar-refractivity contribution in [3.8, 4) is 44.5 Å². The first kappa shape index (κ1) is 55.5. The minimum absolute atomic E-state index is 0.313. The molecule has 0 N–H and O–H groups in total. The van der Waals surface area contributed by atoms with Gasteiger partial charge in [0.1, 0.15) is 0 Å². The number of rotatable bonds is 10. The molecule has 0 atom stereocenters. The Morgan fingerprint density at radius 2 is 0.489 bits per heavy atom. The van der Waals surface area contributed by atoms with Gasteiger partial charge in [0.05, 0.1) is 0 Å². The maximum atomic E-state index is 2.64. The van der Waals surface area contributed by atoms with Crippen LogP contribution in [0.25, 0.3) is 112 Å². The zero-order chi connectivity index (χ0) is 62.4. The summed E-state index contributed by atoms with van der Waals surface area (Å²) in [5.74, 6) is 0. The first-order valence-corrected chi connectivity index (χ1v) is 32.7. The fourth-order valence-corrected chi connectivity index (χ4v) is 16.3. The molecule has 4 aliphatic rings. The third kappa shape index (κ3) is 8.53. The van der Waals surface area contributed by atoms with Crippen LogP contribution in [0.2, 0.25) is 0 Å². The molecule has 0 aliphatic heterocycles. The fraction of sp³-hybridized carbons (Fsp3) is 0.133. The molecule has 442 valence electrons. The van der Waals surface area contributed by atoms with Gasteiger partial charge in [-0.3, -0.25) is 0 Å². The molecule has 13 aromatic carbocycles. The summed E-state index contributed by atoms with van der Waals surface area (Å²) in [6, 6.07) is 101. The summed E-state index contributed by atoms with van der Waals surface area (Å²) in [7, 11) is 0. The molecular formula is C90H72N2. The fourth-order valence-electron chi connectivity index (χ4n) is 16.3. The van der Waals surface area contributed by atoms with Gasteiger partial charge < -0.3 is 9.80 Å². The molecule has 0 bridgehead atoms. The molecule has 0 amide bonds. The smallest absolute Gasteiger partial charge is 0.0462 e. The van der Waals surface area contributed by atoms with Gasteiger partial charge in [-0.15, -0.1) is 0 Å². The Morgan fingerprint density at radius 3 is 0.804 bits per heavy atom. The second-order valence-electron chi connectivity index (χ2n) is 28.1. The van der Waals surface area contributed by atoms with Gasteiger partial charge in [-0.2, -0.15) is 0 Å². The predicted octanol–water partition coefficient (Wildman–Crippen LogP) is 23.9. The van der Waals surface area contributed by atoms with Crippen LogP contribution in [-0.4, -0.2) is 0 Å². The number of nitrogens with zero attached hydrogens (tertiary/aromatic N) is 2. The SMILES string of the molecule is CC1(C)C(N(C2=Cc3ccccc3C2(C)C)c2ccc3c(-c4ccc(-c5ccc6ccccc6c5)cc4)c(-c4ccc(-c5ccc6ccccc6c5)cc4)c4ccc(N(C5=Cc6ccccc6C5(C)C)C5=Cc6ccccc6C5(C)C)cc4c3c2)=Cc2ccccc21. The molecule has 0 heterocycles. The van der Waals surface area contributed by atoms with Crippen LogP contribution in [0, 0.1) is 0 Å². The maximum Gasteiger partial charge on any atom is 0.0462 e. The van der Waals surface area contributed by atoms with Gasteiger partial charge in [-0.25, -0.2) is 0 Å². The van der Waals surface area contributed by atoms with Gasteiger partial charge in [0.2, 0.25) is 0 Å². The minimum Gasteiger partial charge on any atom is -0.316 e. The monoisotopic (exact) mass is 1180 g/mol. The van der Waals surface area contributed by atoms with E-state index in [1.165, 1.54) is 155 Å². The third-order valence-corrected chi connectivity index (χ3v) is 21.3. The number of anilines is 2. The van der Waals surface area contributed by atoms with Gasteiger partial charge in [0.25, 0.3) is 0 Å². The number of hydrogen-bond acceptors (Lipinski definition) is 2. The van der Waals surface area contributed by atoms with E-state index < -0.39 is 0 Å². The molecule has 0 fully saturated rings. The highest BCUT2D eigenvalue weighted by Crippen LogP contribution is 2.56. The van der Waals surface area contributed by atoms with E-state index in [1.807, 2.05) is 0 Å². The lowest BCUT2D eigenvalue weighted by Crippen LogP contribution is -2.37. The van der Waals surface area contributed by atoms with E-state index in [0.717, 1.165) is 11.4 Å². The van der Waals surface area contributed by atoms with E-state index in [4.69, 9.17) is 0 Å². The van der Waals surface area contributed by atoms with E-state index in [1.54, 1.807) is 0 Å². The summed E-state index contributed by atoms with van der Waals surface area (Å²) in [5.41, 5.74) is 26.1. The van der Waals surface area contributed by atoms with Crippen molar-refractivity contribution in [2.45, 2.75) is 77.0 Å². The highest BCUT2D eigenvalue weighted by atomic mass is 15.2. The molecule has 0 radical (unpaired) electrons.